The molecule has 0 bridgehead atoms. The Labute approximate surface area is 143 Å². The van der Waals surface area contributed by atoms with Gasteiger partial charge in [-0.25, -0.2) is 4.68 Å². The van der Waals surface area contributed by atoms with Gasteiger partial charge in [0.25, 0.3) is 0 Å². The monoisotopic (exact) mass is 323 g/mol. The third-order valence-electron chi connectivity index (χ3n) is 4.25. The molecule has 126 valence electrons. The molecule has 0 saturated carbocycles. The van der Waals surface area contributed by atoms with Crippen LogP contribution in [0.15, 0.2) is 42.5 Å². The molecule has 3 aromatic rings. The van der Waals surface area contributed by atoms with E-state index in [1.54, 1.807) is 10.7 Å². The standard InChI is InChI=1S/C20H25N3O/c1-19(2,3)13-20(4,5)14-10-15(12-16(24)11-14)23-18-9-7-6-8-17(18)21-22-23/h6-12,24H,13H2,1-5H3. The van der Waals surface area contributed by atoms with Crippen LogP contribution in [-0.4, -0.2) is 20.1 Å². The van der Waals surface area contributed by atoms with E-state index >= 15 is 0 Å². The molecule has 4 heteroatoms. The van der Waals surface area contributed by atoms with Crippen molar-refractivity contribution in [3.8, 4) is 11.4 Å². The second-order valence-electron chi connectivity index (χ2n) is 8.35. The first-order valence-corrected chi connectivity index (χ1v) is 8.31. The molecule has 0 atom stereocenters. The molecule has 3 rings (SSSR count). The van der Waals surface area contributed by atoms with Crippen molar-refractivity contribution >= 4 is 11.0 Å². The smallest absolute Gasteiger partial charge is 0.118 e. The number of nitrogens with zero attached hydrogens (tertiary/aromatic N) is 3. The predicted octanol–water partition coefficient (Wildman–Crippen LogP) is 4.84. The molecule has 2 aromatic carbocycles. The number of hydrogen-bond acceptors (Lipinski definition) is 3. The second-order valence-corrected chi connectivity index (χ2v) is 8.35. The number of fused-ring (bicyclic) bond motifs is 1. The van der Waals surface area contributed by atoms with E-state index in [0.717, 1.165) is 28.7 Å². The Morgan fingerprint density at radius 3 is 2.42 bits per heavy atom. The number of aromatic hydroxyl groups is 1. The minimum atomic E-state index is -0.0534. The van der Waals surface area contributed by atoms with Crippen molar-refractivity contribution in [3.63, 3.8) is 0 Å². The van der Waals surface area contributed by atoms with Crippen molar-refractivity contribution in [2.75, 3.05) is 0 Å². The molecule has 0 saturated heterocycles. The van der Waals surface area contributed by atoms with Gasteiger partial charge >= 0.3 is 0 Å². The summed E-state index contributed by atoms with van der Waals surface area (Å²) in [5.41, 5.74) is 3.86. The van der Waals surface area contributed by atoms with Crippen molar-refractivity contribution in [3.05, 3.63) is 48.0 Å². The van der Waals surface area contributed by atoms with E-state index in [2.05, 4.69) is 51.0 Å². The Morgan fingerprint density at radius 2 is 1.71 bits per heavy atom. The fraction of sp³-hybridized carbons (Fsp3) is 0.400. The average molecular weight is 323 g/mol. The van der Waals surface area contributed by atoms with E-state index < -0.39 is 0 Å². The summed E-state index contributed by atoms with van der Waals surface area (Å²) >= 11 is 0. The number of benzene rings is 2. The lowest BCUT2D eigenvalue weighted by Gasteiger charge is -2.33. The van der Waals surface area contributed by atoms with Crippen molar-refractivity contribution in [1.29, 1.82) is 0 Å². The zero-order valence-corrected chi connectivity index (χ0v) is 15.0. The highest BCUT2D eigenvalue weighted by molar-refractivity contribution is 5.76. The van der Waals surface area contributed by atoms with E-state index in [9.17, 15) is 5.11 Å². The molecule has 0 unspecified atom stereocenters. The summed E-state index contributed by atoms with van der Waals surface area (Å²) in [4.78, 5) is 0. The van der Waals surface area contributed by atoms with Gasteiger partial charge in [0.1, 0.15) is 11.3 Å². The number of rotatable bonds is 3. The van der Waals surface area contributed by atoms with Crippen LogP contribution in [0.5, 0.6) is 5.75 Å². The van der Waals surface area contributed by atoms with Gasteiger partial charge in [-0.2, -0.15) is 0 Å². The zero-order chi connectivity index (χ0) is 17.5. The Kier molecular flexibility index (Phi) is 3.86. The number of para-hydroxylation sites is 1. The summed E-state index contributed by atoms with van der Waals surface area (Å²) in [7, 11) is 0. The van der Waals surface area contributed by atoms with E-state index in [-0.39, 0.29) is 16.6 Å². The Bertz CT molecular complexity index is 872. The maximum Gasteiger partial charge on any atom is 0.118 e. The molecule has 0 aliphatic rings. The maximum atomic E-state index is 10.3. The molecule has 0 aliphatic carbocycles. The van der Waals surface area contributed by atoms with E-state index in [4.69, 9.17) is 0 Å². The third kappa shape index (κ3) is 3.28. The largest absolute Gasteiger partial charge is 0.508 e. The van der Waals surface area contributed by atoms with E-state index in [1.807, 2.05) is 30.3 Å². The number of phenols is 1. The molecule has 0 spiro atoms. The van der Waals surface area contributed by atoms with Crippen LogP contribution < -0.4 is 0 Å². The van der Waals surface area contributed by atoms with Gasteiger partial charge in [-0.05, 0) is 47.1 Å². The molecule has 0 aliphatic heterocycles. The average Bonchev–Trinajstić information content (AvgIpc) is 2.88. The van der Waals surface area contributed by atoms with Crippen LogP contribution >= 0.6 is 0 Å². The topological polar surface area (TPSA) is 50.9 Å². The normalized spacial score (nSPS) is 12.7. The van der Waals surface area contributed by atoms with Crippen LogP contribution in [0.2, 0.25) is 0 Å². The van der Waals surface area contributed by atoms with Gasteiger partial charge in [-0.3, -0.25) is 0 Å². The van der Waals surface area contributed by atoms with Crippen molar-refractivity contribution in [2.24, 2.45) is 5.41 Å². The lowest BCUT2D eigenvalue weighted by Crippen LogP contribution is -2.25. The van der Waals surface area contributed by atoms with Crippen LogP contribution in [0.25, 0.3) is 16.7 Å². The Morgan fingerprint density at radius 1 is 1.00 bits per heavy atom. The summed E-state index contributed by atoms with van der Waals surface area (Å²) in [6.45, 7) is 11.2. The number of aromatic nitrogens is 3. The van der Waals surface area contributed by atoms with Gasteiger partial charge in [-0.1, -0.05) is 52.0 Å². The molecular formula is C20H25N3O. The lowest BCUT2D eigenvalue weighted by atomic mass is 9.72. The molecule has 0 radical (unpaired) electrons. The first-order valence-electron chi connectivity index (χ1n) is 8.31. The summed E-state index contributed by atoms with van der Waals surface area (Å²) in [6, 6.07) is 13.5. The summed E-state index contributed by atoms with van der Waals surface area (Å²) in [5.74, 6) is 0.254. The third-order valence-corrected chi connectivity index (χ3v) is 4.25. The molecule has 1 N–H and O–H groups in total. The molecule has 0 amide bonds. The predicted molar refractivity (Wildman–Crippen MR) is 97.6 cm³/mol. The van der Waals surface area contributed by atoms with Gasteiger partial charge in [0, 0.05) is 6.07 Å². The van der Waals surface area contributed by atoms with Crippen molar-refractivity contribution in [2.45, 2.75) is 46.5 Å². The highest BCUT2D eigenvalue weighted by Gasteiger charge is 2.28. The van der Waals surface area contributed by atoms with E-state index in [0.29, 0.717) is 0 Å². The first kappa shape index (κ1) is 16.5. The molecule has 24 heavy (non-hydrogen) atoms. The summed E-state index contributed by atoms with van der Waals surface area (Å²) in [5, 5.41) is 18.7. The highest BCUT2D eigenvalue weighted by atomic mass is 16.3. The Balaban J connectivity index is 2.10. The second kappa shape index (κ2) is 5.62. The lowest BCUT2D eigenvalue weighted by molar-refractivity contribution is 0.283. The van der Waals surface area contributed by atoms with Crippen LogP contribution in [-0.2, 0) is 5.41 Å². The van der Waals surface area contributed by atoms with Gasteiger partial charge in [-0.15, -0.1) is 5.10 Å². The highest BCUT2D eigenvalue weighted by Crippen LogP contribution is 2.38. The van der Waals surface area contributed by atoms with Crippen molar-refractivity contribution < 1.29 is 5.11 Å². The summed E-state index contributed by atoms with van der Waals surface area (Å²) in [6.07, 6.45) is 1.01. The van der Waals surface area contributed by atoms with Crippen LogP contribution in [0.1, 0.15) is 46.6 Å². The fourth-order valence-corrected chi connectivity index (χ4v) is 3.60. The minimum Gasteiger partial charge on any atom is -0.508 e. The SMILES string of the molecule is CC(C)(C)CC(C)(C)c1cc(O)cc(-n2nnc3ccccc32)c1. The maximum absolute atomic E-state index is 10.3. The number of phenolic OH excluding ortho intramolecular Hbond substituents is 1. The van der Waals surface area contributed by atoms with E-state index in [1.165, 1.54) is 0 Å². The molecule has 4 nitrogen and oxygen atoms in total. The van der Waals surface area contributed by atoms with Gasteiger partial charge < -0.3 is 5.11 Å². The van der Waals surface area contributed by atoms with Crippen LogP contribution in [0.3, 0.4) is 0 Å². The van der Waals surface area contributed by atoms with Gasteiger partial charge in [0.05, 0.1) is 11.2 Å². The van der Waals surface area contributed by atoms with Crippen LogP contribution in [0, 0.1) is 5.41 Å². The Hall–Kier alpha value is -2.36. The van der Waals surface area contributed by atoms with Gasteiger partial charge in [0.2, 0.25) is 0 Å². The summed E-state index contributed by atoms with van der Waals surface area (Å²) < 4.78 is 1.78. The van der Waals surface area contributed by atoms with Crippen molar-refractivity contribution in [1.82, 2.24) is 15.0 Å². The molecular weight excluding hydrogens is 298 g/mol. The quantitative estimate of drug-likeness (QED) is 0.750. The molecule has 0 fully saturated rings. The number of hydrogen-bond donors (Lipinski definition) is 1. The fourth-order valence-electron chi connectivity index (χ4n) is 3.60. The van der Waals surface area contributed by atoms with Gasteiger partial charge in [0.15, 0.2) is 0 Å². The van der Waals surface area contributed by atoms with Crippen LogP contribution in [0.4, 0.5) is 0 Å². The molecule has 1 aromatic heterocycles. The minimum absolute atomic E-state index is 0.0534. The zero-order valence-electron chi connectivity index (χ0n) is 15.0. The first-order chi connectivity index (χ1) is 11.2. The molecule has 1 heterocycles.